The van der Waals surface area contributed by atoms with Gasteiger partial charge in [-0.3, -0.25) is 4.79 Å². The van der Waals surface area contributed by atoms with Gasteiger partial charge < -0.3 is 10.2 Å². The molecule has 0 spiro atoms. The van der Waals surface area contributed by atoms with Crippen LogP contribution in [0.25, 0.3) is 0 Å². The number of thiophene rings is 2. The third-order valence-electron chi connectivity index (χ3n) is 5.88. The molecule has 6 heteroatoms. The molecule has 2 aromatic heterocycles. The Bertz CT molecular complexity index is 920. The number of hydrogen-bond donors (Lipinski definition) is 1. The maximum Gasteiger partial charge on any atom is 0.318 e. The summed E-state index contributed by atoms with van der Waals surface area (Å²) in [6, 6.07) is 17.6. The predicted octanol–water partition coefficient (Wildman–Crippen LogP) is 5.70. The lowest BCUT2D eigenvalue weighted by molar-refractivity contribution is -0.135. The highest BCUT2D eigenvalue weighted by Crippen LogP contribution is 2.47. The molecule has 4 unspecified atom stereocenters. The number of piperidine rings is 1. The molecule has 30 heavy (non-hydrogen) atoms. The summed E-state index contributed by atoms with van der Waals surface area (Å²) < 4.78 is 0. The molecule has 4 nitrogen and oxygen atoms in total. The number of benzene rings is 1. The van der Waals surface area contributed by atoms with Gasteiger partial charge in [-0.1, -0.05) is 56.3 Å². The Balaban J connectivity index is 1.63. The monoisotopic (exact) mass is 438 g/mol. The largest absolute Gasteiger partial charge is 0.338 e. The van der Waals surface area contributed by atoms with Gasteiger partial charge in [0.05, 0.1) is 12.1 Å². The van der Waals surface area contributed by atoms with Crippen molar-refractivity contribution in [1.29, 1.82) is 0 Å². The number of ketones is 1. The fraction of sp³-hybridized carbons (Fsp3) is 0.333. The lowest BCUT2D eigenvalue weighted by Crippen LogP contribution is -2.54. The zero-order valence-corrected chi connectivity index (χ0v) is 18.8. The normalized spacial score (nSPS) is 24.1. The van der Waals surface area contributed by atoms with Crippen molar-refractivity contribution in [3.05, 3.63) is 80.7 Å². The zero-order chi connectivity index (χ0) is 21.1. The van der Waals surface area contributed by atoms with Gasteiger partial charge in [-0.2, -0.15) is 0 Å². The van der Waals surface area contributed by atoms with Crippen LogP contribution in [0, 0.1) is 11.8 Å². The Labute approximate surface area is 185 Å². The molecule has 0 aliphatic carbocycles. The standard InChI is InChI=1S/C24H26N2O2S2/c1-16-21(19-10-6-14-29-19)26(22(17(2)23(16)27)20-11-7-15-30-20)24(28)25-13-12-18-8-4-3-5-9-18/h3-11,14-17,21-22H,12-13H2,1-2H3,(H,25,28). The van der Waals surface area contributed by atoms with E-state index in [2.05, 4.69) is 17.4 Å². The summed E-state index contributed by atoms with van der Waals surface area (Å²) in [6.45, 7) is 4.47. The van der Waals surface area contributed by atoms with Crippen LogP contribution < -0.4 is 5.32 Å². The van der Waals surface area contributed by atoms with Crippen LogP contribution >= 0.6 is 22.7 Å². The van der Waals surface area contributed by atoms with E-state index in [1.54, 1.807) is 22.7 Å². The molecule has 1 fully saturated rings. The van der Waals surface area contributed by atoms with Crippen molar-refractivity contribution in [3.8, 4) is 0 Å². The molecule has 1 N–H and O–H groups in total. The van der Waals surface area contributed by atoms with Crippen LogP contribution in [0.3, 0.4) is 0 Å². The van der Waals surface area contributed by atoms with Crippen molar-refractivity contribution in [2.24, 2.45) is 11.8 Å². The second-order valence-corrected chi connectivity index (χ2v) is 9.73. The maximum atomic E-state index is 13.5. The van der Waals surface area contributed by atoms with Crippen LogP contribution in [0.2, 0.25) is 0 Å². The number of Topliss-reactive ketones (excluding diaryl/α,β-unsaturated/α-hetero) is 1. The fourth-order valence-electron chi connectivity index (χ4n) is 4.37. The lowest BCUT2D eigenvalue weighted by Gasteiger charge is -2.47. The Morgan fingerprint density at radius 3 is 1.97 bits per heavy atom. The van der Waals surface area contributed by atoms with Gasteiger partial charge in [0.15, 0.2) is 0 Å². The molecule has 1 saturated heterocycles. The summed E-state index contributed by atoms with van der Waals surface area (Å²) in [5.74, 6) is -0.260. The average molecular weight is 439 g/mol. The molecule has 3 aromatic rings. The minimum Gasteiger partial charge on any atom is -0.338 e. The van der Waals surface area contributed by atoms with Gasteiger partial charge in [0, 0.05) is 28.1 Å². The van der Waals surface area contributed by atoms with E-state index < -0.39 is 0 Å². The van der Waals surface area contributed by atoms with Gasteiger partial charge in [-0.15, -0.1) is 22.7 Å². The summed E-state index contributed by atoms with van der Waals surface area (Å²) >= 11 is 3.21. The molecular weight excluding hydrogens is 412 g/mol. The molecule has 0 radical (unpaired) electrons. The third-order valence-corrected chi connectivity index (χ3v) is 7.77. The number of nitrogens with zero attached hydrogens (tertiary/aromatic N) is 1. The van der Waals surface area contributed by atoms with Gasteiger partial charge >= 0.3 is 6.03 Å². The first kappa shape index (κ1) is 20.8. The second kappa shape index (κ2) is 9.14. The van der Waals surface area contributed by atoms with Gasteiger partial charge in [-0.25, -0.2) is 4.79 Å². The molecule has 0 bridgehead atoms. The zero-order valence-electron chi connectivity index (χ0n) is 17.2. The molecular formula is C24H26N2O2S2. The van der Waals surface area contributed by atoms with E-state index >= 15 is 0 Å². The van der Waals surface area contributed by atoms with Crippen LogP contribution in [-0.2, 0) is 11.2 Å². The van der Waals surface area contributed by atoms with Gasteiger partial charge in [-0.05, 0) is 34.9 Å². The van der Waals surface area contributed by atoms with E-state index in [-0.39, 0.29) is 35.7 Å². The predicted molar refractivity (Wildman–Crippen MR) is 123 cm³/mol. The van der Waals surface area contributed by atoms with E-state index in [9.17, 15) is 9.59 Å². The van der Waals surface area contributed by atoms with E-state index in [1.165, 1.54) is 5.56 Å². The minimum absolute atomic E-state index is 0.103. The molecule has 4 atom stereocenters. The number of hydrogen-bond acceptors (Lipinski definition) is 4. The summed E-state index contributed by atoms with van der Waals surface area (Å²) in [4.78, 5) is 30.7. The highest BCUT2D eigenvalue weighted by atomic mass is 32.1. The number of urea groups is 1. The van der Waals surface area contributed by atoms with Crippen LogP contribution in [0.1, 0.15) is 41.2 Å². The van der Waals surface area contributed by atoms with Crippen molar-refractivity contribution in [3.63, 3.8) is 0 Å². The van der Waals surface area contributed by atoms with E-state index in [4.69, 9.17) is 0 Å². The number of nitrogens with one attached hydrogen (secondary N) is 1. The first-order chi connectivity index (χ1) is 14.6. The summed E-state index contributed by atoms with van der Waals surface area (Å²) in [5.41, 5.74) is 1.19. The molecule has 3 heterocycles. The summed E-state index contributed by atoms with van der Waals surface area (Å²) in [6.07, 6.45) is 0.776. The number of rotatable bonds is 5. The number of likely N-dealkylation sites (tertiary alicyclic amines) is 1. The quantitative estimate of drug-likeness (QED) is 0.555. The molecule has 156 valence electrons. The minimum atomic E-state index is -0.252. The highest BCUT2D eigenvalue weighted by molar-refractivity contribution is 7.10. The number of amides is 2. The average Bonchev–Trinajstić information content (AvgIpc) is 3.47. The van der Waals surface area contributed by atoms with Crippen molar-refractivity contribution in [2.45, 2.75) is 32.4 Å². The smallest absolute Gasteiger partial charge is 0.318 e. The fourth-order valence-corrected chi connectivity index (χ4v) is 6.23. The summed E-state index contributed by atoms with van der Waals surface area (Å²) in [5, 5.41) is 7.15. The maximum absolute atomic E-state index is 13.5. The molecule has 1 aliphatic rings. The molecule has 2 amide bonds. The van der Waals surface area contributed by atoms with Crippen LogP contribution in [0.5, 0.6) is 0 Å². The Morgan fingerprint density at radius 1 is 0.900 bits per heavy atom. The SMILES string of the molecule is CC1C(=O)C(C)C(c2cccs2)N(C(=O)NCCc2ccccc2)C1c1cccs1. The first-order valence-electron chi connectivity index (χ1n) is 10.3. The second-order valence-electron chi connectivity index (χ2n) is 7.78. The molecule has 1 aliphatic heterocycles. The number of carbonyl (C=O) groups is 2. The lowest BCUT2D eigenvalue weighted by atomic mass is 9.78. The van der Waals surface area contributed by atoms with E-state index in [1.807, 2.05) is 72.0 Å². The van der Waals surface area contributed by atoms with E-state index in [0.29, 0.717) is 6.54 Å². The van der Waals surface area contributed by atoms with Crippen molar-refractivity contribution >= 4 is 34.5 Å². The van der Waals surface area contributed by atoms with Gasteiger partial charge in [0.2, 0.25) is 0 Å². The Hall–Kier alpha value is -2.44. The third kappa shape index (κ3) is 4.07. The van der Waals surface area contributed by atoms with Crippen molar-refractivity contribution < 1.29 is 9.59 Å². The molecule has 1 aromatic carbocycles. The van der Waals surface area contributed by atoms with E-state index in [0.717, 1.165) is 16.2 Å². The van der Waals surface area contributed by atoms with Crippen molar-refractivity contribution in [1.82, 2.24) is 10.2 Å². The topological polar surface area (TPSA) is 49.4 Å². The van der Waals surface area contributed by atoms with Crippen molar-refractivity contribution in [2.75, 3.05) is 6.54 Å². The molecule has 0 saturated carbocycles. The molecule has 4 rings (SSSR count). The van der Waals surface area contributed by atoms with Crippen LogP contribution in [0.4, 0.5) is 4.79 Å². The Morgan fingerprint density at radius 2 is 1.47 bits per heavy atom. The van der Waals surface area contributed by atoms with Gasteiger partial charge in [0.1, 0.15) is 5.78 Å². The first-order valence-corrected chi connectivity index (χ1v) is 12.0. The van der Waals surface area contributed by atoms with Crippen LogP contribution in [0.15, 0.2) is 65.4 Å². The van der Waals surface area contributed by atoms with Gasteiger partial charge in [0.25, 0.3) is 0 Å². The Kier molecular flexibility index (Phi) is 6.35. The summed E-state index contributed by atoms with van der Waals surface area (Å²) in [7, 11) is 0. The highest BCUT2D eigenvalue weighted by Gasteiger charge is 2.48. The van der Waals surface area contributed by atoms with Crippen LogP contribution in [-0.4, -0.2) is 23.3 Å². The number of carbonyl (C=O) groups excluding carboxylic acids is 2.